The predicted molar refractivity (Wildman–Crippen MR) is 316 cm³/mol. The zero-order chi connectivity index (χ0) is 52.0. The summed E-state index contributed by atoms with van der Waals surface area (Å²) in [5, 5.41) is 0. The Hall–Kier alpha value is -3.70. The fourth-order valence-electron chi connectivity index (χ4n) is 8.00. The smallest absolute Gasteiger partial charge is 0.306 e. The summed E-state index contributed by atoms with van der Waals surface area (Å²) in [5.41, 5.74) is 0. The fourth-order valence-corrected chi connectivity index (χ4v) is 8.00. The van der Waals surface area contributed by atoms with Gasteiger partial charge in [-0.1, -0.05) is 245 Å². The van der Waals surface area contributed by atoms with Crippen LogP contribution in [0.5, 0.6) is 0 Å². The molecule has 0 saturated heterocycles. The normalized spacial score (nSPS) is 13.1. The number of allylic oxidation sites excluding steroid dienone is 20. The summed E-state index contributed by atoms with van der Waals surface area (Å²) in [6.07, 6.45) is 86.6. The monoisotopic (exact) mass is 997 g/mol. The Balaban J connectivity index is 4.42. The van der Waals surface area contributed by atoms with E-state index in [4.69, 9.17) is 14.2 Å². The molecule has 410 valence electrons. The third-order valence-corrected chi connectivity index (χ3v) is 12.5. The van der Waals surface area contributed by atoms with E-state index in [0.717, 1.165) is 109 Å². The highest BCUT2D eigenvalue weighted by atomic mass is 16.6. The number of esters is 2. The van der Waals surface area contributed by atoms with Gasteiger partial charge in [0.2, 0.25) is 0 Å². The Morgan fingerprint density at radius 2 is 0.625 bits per heavy atom. The summed E-state index contributed by atoms with van der Waals surface area (Å²) >= 11 is 0. The first kappa shape index (κ1) is 68.3. The minimum absolute atomic E-state index is 0.0502. The van der Waals surface area contributed by atoms with Crippen molar-refractivity contribution in [3.63, 3.8) is 0 Å². The van der Waals surface area contributed by atoms with Crippen LogP contribution in [-0.2, 0) is 23.8 Å². The summed E-state index contributed by atoms with van der Waals surface area (Å²) < 4.78 is 17.4. The quantitative estimate of drug-likeness (QED) is 0.0345. The van der Waals surface area contributed by atoms with Gasteiger partial charge < -0.3 is 14.2 Å². The van der Waals surface area contributed by atoms with E-state index in [-0.39, 0.29) is 25.2 Å². The van der Waals surface area contributed by atoms with Crippen molar-refractivity contribution in [1.29, 1.82) is 0 Å². The van der Waals surface area contributed by atoms with Crippen molar-refractivity contribution in [2.75, 3.05) is 19.8 Å². The predicted octanol–water partition coefficient (Wildman–Crippen LogP) is 20.9. The number of carbonyl (C=O) groups is 2. The molecule has 0 amide bonds. The molecule has 0 fully saturated rings. The van der Waals surface area contributed by atoms with Crippen LogP contribution >= 0.6 is 0 Å². The van der Waals surface area contributed by atoms with Gasteiger partial charge in [0.1, 0.15) is 6.61 Å². The molecule has 72 heavy (non-hydrogen) atoms. The lowest BCUT2D eigenvalue weighted by atomic mass is 10.1. The van der Waals surface area contributed by atoms with Crippen LogP contribution in [0.3, 0.4) is 0 Å². The molecule has 0 N–H and O–H groups in total. The van der Waals surface area contributed by atoms with Crippen LogP contribution in [0, 0.1) is 0 Å². The second kappa shape index (κ2) is 61.6. The molecule has 5 nitrogen and oxygen atoms in total. The highest BCUT2D eigenvalue weighted by molar-refractivity contribution is 5.70. The molecular weight excluding hydrogens is 885 g/mol. The molecular formula is C67H112O5. The summed E-state index contributed by atoms with van der Waals surface area (Å²) in [7, 11) is 0. The van der Waals surface area contributed by atoms with Gasteiger partial charge in [0, 0.05) is 19.4 Å². The lowest BCUT2D eigenvalue weighted by molar-refractivity contribution is -0.163. The summed E-state index contributed by atoms with van der Waals surface area (Å²) in [4.78, 5) is 25.6. The van der Waals surface area contributed by atoms with Gasteiger partial charge >= 0.3 is 11.9 Å². The Labute approximate surface area is 446 Å². The van der Waals surface area contributed by atoms with Crippen molar-refractivity contribution in [1.82, 2.24) is 0 Å². The second-order valence-electron chi connectivity index (χ2n) is 19.5. The highest BCUT2D eigenvalue weighted by Gasteiger charge is 2.17. The first-order chi connectivity index (χ1) is 35.6. The van der Waals surface area contributed by atoms with Gasteiger partial charge in [0.15, 0.2) is 6.10 Å². The van der Waals surface area contributed by atoms with E-state index < -0.39 is 6.10 Å². The Kier molecular flexibility index (Phi) is 58.4. The first-order valence-electron chi connectivity index (χ1n) is 30.1. The Bertz CT molecular complexity index is 1450. The average molecular weight is 998 g/mol. The number of carbonyl (C=O) groups excluding carboxylic acids is 2. The SMILES string of the molecule is CC/C=C\C/C=C\C/C=C\C/C=C\C/C=C\C/C=C\CCCOCC(COC(=O)CCCCCCCCCCC/C=C\C/C=C\CCCCC)OC(=O)CCCCCCCCC/C=C\C/C=C\CCCCC. The average Bonchev–Trinajstić information content (AvgIpc) is 3.38. The van der Waals surface area contributed by atoms with E-state index in [1.807, 2.05) is 0 Å². The lowest BCUT2D eigenvalue weighted by Gasteiger charge is -2.18. The van der Waals surface area contributed by atoms with Crippen LogP contribution in [-0.4, -0.2) is 37.9 Å². The molecule has 0 aromatic rings. The van der Waals surface area contributed by atoms with E-state index in [1.165, 1.54) is 122 Å². The zero-order valence-corrected chi connectivity index (χ0v) is 47.2. The lowest BCUT2D eigenvalue weighted by Crippen LogP contribution is -2.30. The summed E-state index contributed by atoms with van der Waals surface area (Å²) in [6, 6.07) is 0. The molecule has 1 atom stereocenters. The third-order valence-electron chi connectivity index (χ3n) is 12.5. The van der Waals surface area contributed by atoms with Gasteiger partial charge in [-0.05, 0) is 128 Å². The van der Waals surface area contributed by atoms with Crippen molar-refractivity contribution in [3.8, 4) is 0 Å². The van der Waals surface area contributed by atoms with E-state index >= 15 is 0 Å². The molecule has 0 heterocycles. The maximum atomic E-state index is 12.9. The number of hydrogen-bond donors (Lipinski definition) is 0. The molecule has 0 aromatic carbocycles. The molecule has 0 aliphatic heterocycles. The standard InChI is InChI=1S/C67H112O5/c1-4-7-10-13-16-19-22-25-28-31-33-35-38-41-44-47-50-53-56-59-62-70-63-65(72-67(69)61-58-55-52-49-46-43-40-36-30-27-24-21-18-15-12-9-6-3)64-71-66(68)60-57-54-51-48-45-42-39-37-34-32-29-26-23-20-17-14-11-8-5-2/h7,10,16-21,25-30,33,35,41,44,50,53,65H,4-6,8-9,11-15,22-24,31-32,34,36-40,42-43,45-49,51-52,54-64H2,1-3H3/b10-7-,19-16-,20-17-,21-18-,28-25-,29-26-,30-27-,35-33-,44-41-,53-50-. The van der Waals surface area contributed by atoms with E-state index in [0.29, 0.717) is 19.4 Å². The van der Waals surface area contributed by atoms with Gasteiger partial charge in [-0.3, -0.25) is 9.59 Å². The van der Waals surface area contributed by atoms with Crippen LogP contribution in [0.4, 0.5) is 0 Å². The van der Waals surface area contributed by atoms with Crippen molar-refractivity contribution in [2.45, 2.75) is 271 Å². The van der Waals surface area contributed by atoms with E-state index in [9.17, 15) is 9.59 Å². The van der Waals surface area contributed by atoms with Gasteiger partial charge in [-0.15, -0.1) is 0 Å². The minimum atomic E-state index is -0.582. The first-order valence-corrected chi connectivity index (χ1v) is 30.1. The van der Waals surface area contributed by atoms with Gasteiger partial charge in [-0.25, -0.2) is 0 Å². The molecule has 0 aromatic heterocycles. The molecule has 0 spiro atoms. The van der Waals surface area contributed by atoms with Crippen molar-refractivity contribution in [2.24, 2.45) is 0 Å². The molecule has 5 heteroatoms. The second-order valence-corrected chi connectivity index (χ2v) is 19.5. The van der Waals surface area contributed by atoms with Crippen LogP contribution in [0.1, 0.15) is 265 Å². The van der Waals surface area contributed by atoms with Crippen LogP contribution in [0.25, 0.3) is 0 Å². The molecule has 0 radical (unpaired) electrons. The van der Waals surface area contributed by atoms with Crippen LogP contribution < -0.4 is 0 Å². The summed E-state index contributed by atoms with van der Waals surface area (Å²) in [5.74, 6) is -0.444. The van der Waals surface area contributed by atoms with Crippen molar-refractivity contribution in [3.05, 3.63) is 122 Å². The molecule has 0 rings (SSSR count). The number of unbranched alkanes of at least 4 members (excludes halogenated alkanes) is 23. The van der Waals surface area contributed by atoms with Crippen LogP contribution in [0.2, 0.25) is 0 Å². The molecule has 0 aliphatic rings. The molecule has 0 aliphatic carbocycles. The number of rotatable bonds is 54. The maximum Gasteiger partial charge on any atom is 0.306 e. The zero-order valence-electron chi connectivity index (χ0n) is 47.2. The van der Waals surface area contributed by atoms with Crippen molar-refractivity contribution >= 4 is 11.9 Å². The maximum absolute atomic E-state index is 12.9. The van der Waals surface area contributed by atoms with Crippen LogP contribution in [0.15, 0.2) is 122 Å². The topological polar surface area (TPSA) is 61.8 Å². The van der Waals surface area contributed by atoms with Crippen molar-refractivity contribution < 1.29 is 23.8 Å². The number of ether oxygens (including phenoxy) is 3. The highest BCUT2D eigenvalue weighted by Crippen LogP contribution is 2.14. The Morgan fingerprint density at radius 3 is 1.00 bits per heavy atom. The molecule has 0 saturated carbocycles. The largest absolute Gasteiger partial charge is 0.462 e. The number of hydrogen-bond acceptors (Lipinski definition) is 5. The third kappa shape index (κ3) is 58.9. The van der Waals surface area contributed by atoms with E-state index in [1.54, 1.807) is 0 Å². The van der Waals surface area contributed by atoms with Gasteiger partial charge in [0.25, 0.3) is 0 Å². The fraction of sp³-hybridized carbons (Fsp3) is 0.672. The van der Waals surface area contributed by atoms with Gasteiger partial charge in [-0.2, -0.15) is 0 Å². The molecule has 0 bridgehead atoms. The van der Waals surface area contributed by atoms with E-state index in [2.05, 4.69) is 142 Å². The molecule has 1 unspecified atom stereocenters. The summed E-state index contributed by atoms with van der Waals surface area (Å²) in [6.45, 7) is 7.52. The van der Waals surface area contributed by atoms with Gasteiger partial charge in [0.05, 0.1) is 6.61 Å². The Morgan fingerprint density at radius 1 is 0.319 bits per heavy atom. The minimum Gasteiger partial charge on any atom is -0.462 e.